The third-order valence-corrected chi connectivity index (χ3v) is 8.68. The van der Waals surface area contributed by atoms with E-state index in [4.69, 9.17) is 14.2 Å². The van der Waals surface area contributed by atoms with Gasteiger partial charge in [0.1, 0.15) is 5.75 Å². The molecule has 3 aromatic carbocycles. The van der Waals surface area contributed by atoms with Crippen molar-refractivity contribution < 1.29 is 27.4 Å². The Morgan fingerprint density at radius 2 is 1.60 bits per heavy atom. The van der Waals surface area contributed by atoms with E-state index >= 15 is 0 Å². The molecule has 1 aliphatic heterocycles. The number of carbonyl (C=O) groups is 1. The van der Waals surface area contributed by atoms with Crippen molar-refractivity contribution in [2.24, 2.45) is 0 Å². The average molecular weight is 568 g/mol. The third kappa shape index (κ3) is 7.05. The molecule has 1 fully saturated rings. The van der Waals surface area contributed by atoms with E-state index in [-0.39, 0.29) is 24.0 Å². The molecule has 0 spiro atoms. The number of sulfonamides is 1. The summed E-state index contributed by atoms with van der Waals surface area (Å²) >= 11 is 0. The highest BCUT2D eigenvalue weighted by molar-refractivity contribution is 7.89. The van der Waals surface area contributed by atoms with Gasteiger partial charge in [-0.25, -0.2) is 13.1 Å². The predicted molar refractivity (Wildman–Crippen MR) is 155 cm³/mol. The number of piperazine rings is 1. The number of methoxy groups -OCH3 is 2. The summed E-state index contributed by atoms with van der Waals surface area (Å²) in [6.45, 7) is 7.15. The number of hydrogen-bond acceptors (Lipinski definition) is 7. The van der Waals surface area contributed by atoms with Gasteiger partial charge in [-0.2, -0.15) is 0 Å². The Morgan fingerprint density at radius 1 is 0.900 bits per heavy atom. The van der Waals surface area contributed by atoms with E-state index in [1.54, 1.807) is 32.4 Å². The van der Waals surface area contributed by atoms with Crippen molar-refractivity contribution in [3.05, 3.63) is 77.4 Å². The molecule has 1 aliphatic rings. The van der Waals surface area contributed by atoms with Crippen molar-refractivity contribution in [2.75, 3.05) is 58.5 Å². The zero-order valence-electron chi connectivity index (χ0n) is 23.5. The molecule has 0 atom stereocenters. The molecule has 1 saturated heterocycles. The van der Waals surface area contributed by atoms with E-state index in [1.165, 1.54) is 28.9 Å². The van der Waals surface area contributed by atoms with Gasteiger partial charge in [0.2, 0.25) is 10.0 Å². The van der Waals surface area contributed by atoms with Crippen LogP contribution in [0.3, 0.4) is 0 Å². The lowest BCUT2D eigenvalue weighted by atomic mass is 10.1. The molecule has 1 heterocycles. The molecule has 0 unspecified atom stereocenters. The van der Waals surface area contributed by atoms with Crippen molar-refractivity contribution in [1.29, 1.82) is 0 Å². The number of nitrogens with zero attached hydrogens (tertiary/aromatic N) is 2. The number of hydrogen-bond donors (Lipinski definition) is 1. The van der Waals surface area contributed by atoms with Crippen LogP contribution in [0.15, 0.2) is 65.6 Å². The quantitative estimate of drug-likeness (QED) is 0.378. The lowest BCUT2D eigenvalue weighted by Crippen LogP contribution is -2.50. The van der Waals surface area contributed by atoms with E-state index in [9.17, 15) is 13.2 Å². The first-order valence-corrected chi connectivity index (χ1v) is 14.7. The van der Waals surface area contributed by atoms with Crippen LogP contribution in [-0.2, 0) is 21.2 Å². The maximum absolute atomic E-state index is 12.7. The third-order valence-electron chi connectivity index (χ3n) is 7.20. The Morgan fingerprint density at radius 3 is 2.27 bits per heavy atom. The van der Waals surface area contributed by atoms with Crippen LogP contribution >= 0.6 is 0 Å². The van der Waals surface area contributed by atoms with Gasteiger partial charge in [-0.05, 0) is 79.4 Å². The average Bonchev–Trinajstić information content (AvgIpc) is 2.97. The van der Waals surface area contributed by atoms with Crippen LogP contribution in [0.25, 0.3) is 0 Å². The minimum atomic E-state index is -3.70. The lowest BCUT2D eigenvalue weighted by Gasteiger charge is -2.37. The van der Waals surface area contributed by atoms with Gasteiger partial charge in [0.15, 0.2) is 18.1 Å². The molecule has 9 nitrogen and oxygen atoms in total. The van der Waals surface area contributed by atoms with Gasteiger partial charge < -0.3 is 24.0 Å². The van der Waals surface area contributed by atoms with Gasteiger partial charge in [0.25, 0.3) is 5.91 Å². The number of carbonyl (C=O) groups excluding carboxylic acids is 1. The fourth-order valence-corrected chi connectivity index (χ4v) is 5.71. The van der Waals surface area contributed by atoms with Crippen LogP contribution in [0.1, 0.15) is 16.7 Å². The van der Waals surface area contributed by atoms with Gasteiger partial charge in [0, 0.05) is 38.4 Å². The van der Waals surface area contributed by atoms with Crippen molar-refractivity contribution in [1.82, 2.24) is 9.62 Å². The summed E-state index contributed by atoms with van der Waals surface area (Å²) in [5, 5.41) is 0. The molecule has 40 heavy (non-hydrogen) atoms. The number of aryl methyl sites for hydroxylation is 1. The van der Waals surface area contributed by atoms with Gasteiger partial charge in [0.05, 0.1) is 19.1 Å². The van der Waals surface area contributed by atoms with Crippen molar-refractivity contribution in [2.45, 2.75) is 25.2 Å². The Bertz CT molecular complexity index is 1420. The summed E-state index contributed by atoms with van der Waals surface area (Å²) in [5.74, 6) is 1.56. The normalized spacial score (nSPS) is 13.7. The van der Waals surface area contributed by atoms with Crippen molar-refractivity contribution in [3.8, 4) is 17.2 Å². The van der Waals surface area contributed by atoms with E-state index in [0.29, 0.717) is 36.8 Å². The molecule has 0 aliphatic carbocycles. The fourth-order valence-electron chi connectivity index (χ4n) is 4.68. The Kier molecular flexibility index (Phi) is 9.54. The Hall–Kier alpha value is -3.76. The molecular weight excluding hydrogens is 530 g/mol. The molecule has 0 aromatic heterocycles. The van der Waals surface area contributed by atoms with Crippen molar-refractivity contribution in [3.63, 3.8) is 0 Å². The first kappa shape index (κ1) is 29.2. The van der Waals surface area contributed by atoms with Gasteiger partial charge >= 0.3 is 0 Å². The van der Waals surface area contributed by atoms with Crippen molar-refractivity contribution >= 4 is 21.6 Å². The van der Waals surface area contributed by atoms with Gasteiger partial charge in [-0.3, -0.25) is 4.79 Å². The Balaban J connectivity index is 1.24. The molecule has 10 heteroatoms. The fraction of sp³-hybridized carbons (Fsp3) is 0.367. The molecule has 3 aromatic rings. The monoisotopic (exact) mass is 567 g/mol. The van der Waals surface area contributed by atoms with E-state index in [2.05, 4.69) is 41.7 Å². The first-order valence-electron chi connectivity index (χ1n) is 13.2. The van der Waals surface area contributed by atoms with Gasteiger partial charge in [-0.15, -0.1) is 0 Å². The maximum Gasteiger partial charge on any atom is 0.260 e. The van der Waals surface area contributed by atoms with Crippen LogP contribution in [0.4, 0.5) is 5.69 Å². The topological polar surface area (TPSA) is 97.4 Å². The standard InChI is InChI=1S/C30H37N3O6S/c1-22-6-5-7-27(23(22)2)32-16-18-33(19-17-32)30(34)21-39-25-9-11-26(12-10-25)40(35,36)31-15-14-24-8-13-28(37-3)29(20-24)38-4/h5-13,20,31H,14-19,21H2,1-4H3. The van der Waals surface area contributed by atoms with Crippen LogP contribution in [0.5, 0.6) is 17.2 Å². The first-order chi connectivity index (χ1) is 19.2. The minimum absolute atomic E-state index is 0.0888. The smallest absolute Gasteiger partial charge is 0.260 e. The summed E-state index contributed by atoms with van der Waals surface area (Å²) in [4.78, 5) is 17.0. The second-order valence-electron chi connectivity index (χ2n) is 9.68. The molecule has 0 bridgehead atoms. The number of ether oxygens (including phenoxy) is 3. The summed E-state index contributed by atoms with van der Waals surface area (Å²) < 4.78 is 44.3. The number of nitrogens with one attached hydrogen (secondary N) is 1. The highest BCUT2D eigenvalue weighted by Crippen LogP contribution is 2.28. The van der Waals surface area contributed by atoms with E-state index in [0.717, 1.165) is 18.7 Å². The largest absolute Gasteiger partial charge is 0.493 e. The summed E-state index contributed by atoms with van der Waals surface area (Å²) in [7, 11) is -0.577. The van der Waals surface area contributed by atoms with Crippen LogP contribution in [0.2, 0.25) is 0 Å². The predicted octanol–water partition coefficient (Wildman–Crippen LogP) is 3.57. The molecule has 0 radical (unpaired) electrons. The summed E-state index contributed by atoms with van der Waals surface area (Å²) in [6.07, 6.45) is 0.488. The zero-order valence-corrected chi connectivity index (χ0v) is 24.3. The number of anilines is 1. The van der Waals surface area contributed by atoms with Crippen LogP contribution in [-0.4, -0.2) is 72.8 Å². The lowest BCUT2D eigenvalue weighted by molar-refractivity contribution is -0.133. The molecule has 1 N–H and O–H groups in total. The Labute approximate surface area is 236 Å². The highest BCUT2D eigenvalue weighted by Gasteiger charge is 2.23. The number of rotatable bonds is 11. The SMILES string of the molecule is COc1ccc(CCNS(=O)(=O)c2ccc(OCC(=O)N3CCN(c4cccc(C)c4C)CC3)cc2)cc1OC. The summed E-state index contributed by atoms with van der Waals surface area (Å²) in [5.41, 5.74) is 4.66. The van der Waals surface area contributed by atoms with E-state index < -0.39 is 10.0 Å². The number of amides is 1. The van der Waals surface area contributed by atoms with Crippen LogP contribution in [0, 0.1) is 13.8 Å². The molecule has 1 amide bonds. The van der Waals surface area contributed by atoms with Crippen LogP contribution < -0.4 is 23.8 Å². The minimum Gasteiger partial charge on any atom is -0.493 e. The molecule has 4 rings (SSSR count). The van der Waals surface area contributed by atoms with Gasteiger partial charge in [-0.1, -0.05) is 18.2 Å². The summed E-state index contributed by atoms with van der Waals surface area (Å²) in [6, 6.07) is 17.9. The molecule has 0 saturated carbocycles. The highest BCUT2D eigenvalue weighted by atomic mass is 32.2. The molecular formula is C30H37N3O6S. The zero-order chi connectivity index (χ0) is 28.7. The second kappa shape index (κ2) is 13.1. The second-order valence-corrected chi connectivity index (χ2v) is 11.5. The number of benzene rings is 3. The molecule has 214 valence electrons. The van der Waals surface area contributed by atoms with E-state index in [1.807, 2.05) is 17.0 Å². The maximum atomic E-state index is 12.7.